The van der Waals surface area contributed by atoms with Crippen molar-refractivity contribution in [2.45, 2.75) is 91.0 Å². The van der Waals surface area contributed by atoms with Crippen LogP contribution in [0.15, 0.2) is 0 Å². The lowest BCUT2D eigenvalue weighted by Crippen LogP contribution is -2.51. The molecular weight excluding hydrogens is 258 g/mol. The Bertz CT molecular complexity index is 269. The third kappa shape index (κ3) is 5.52. The van der Waals surface area contributed by atoms with Gasteiger partial charge in [-0.15, -0.1) is 0 Å². The van der Waals surface area contributed by atoms with Gasteiger partial charge in [-0.2, -0.15) is 0 Å². The van der Waals surface area contributed by atoms with Gasteiger partial charge in [0.1, 0.15) is 0 Å². The highest BCUT2D eigenvalue weighted by atomic mass is 28.3. The SMILES string of the molecule is CCCCC(C)C1CC(CC(C)C)C([Si](C)(C)C)CN1. The predicted octanol–water partition coefficient (Wildman–Crippen LogP) is 5.55. The maximum Gasteiger partial charge on any atom is 0.0490 e. The number of hydrogen-bond donors (Lipinski definition) is 1. The lowest BCUT2D eigenvalue weighted by Gasteiger charge is -2.45. The monoisotopic (exact) mass is 297 g/mol. The van der Waals surface area contributed by atoms with Crippen LogP contribution in [0.1, 0.15) is 59.8 Å². The van der Waals surface area contributed by atoms with Gasteiger partial charge in [0, 0.05) is 14.1 Å². The highest BCUT2D eigenvalue weighted by molar-refractivity contribution is 6.77. The molecule has 1 aliphatic heterocycles. The van der Waals surface area contributed by atoms with Crippen molar-refractivity contribution < 1.29 is 0 Å². The van der Waals surface area contributed by atoms with E-state index in [1.807, 2.05) is 0 Å². The summed E-state index contributed by atoms with van der Waals surface area (Å²) in [4.78, 5) is 0. The van der Waals surface area contributed by atoms with Crippen LogP contribution in [0.2, 0.25) is 25.2 Å². The molecule has 1 aliphatic rings. The summed E-state index contributed by atoms with van der Waals surface area (Å²) in [6.45, 7) is 18.6. The first-order valence-corrected chi connectivity index (χ1v) is 12.6. The zero-order chi connectivity index (χ0) is 15.3. The van der Waals surface area contributed by atoms with Gasteiger partial charge in [-0.05, 0) is 49.1 Å². The number of piperidine rings is 1. The molecule has 0 aromatic heterocycles. The minimum Gasteiger partial charge on any atom is -0.314 e. The van der Waals surface area contributed by atoms with E-state index in [0.717, 1.165) is 29.3 Å². The second kappa shape index (κ2) is 7.98. The summed E-state index contributed by atoms with van der Waals surface area (Å²) in [7, 11) is -1.04. The fourth-order valence-corrected chi connectivity index (χ4v) is 6.48. The van der Waals surface area contributed by atoms with Crippen LogP contribution in [-0.2, 0) is 0 Å². The molecule has 4 unspecified atom stereocenters. The first-order chi connectivity index (χ1) is 9.25. The van der Waals surface area contributed by atoms with Crippen LogP contribution in [0, 0.1) is 17.8 Å². The average Bonchev–Trinajstić information content (AvgIpc) is 2.33. The number of rotatable bonds is 7. The summed E-state index contributed by atoms with van der Waals surface area (Å²) in [6.07, 6.45) is 7.00. The molecule has 2 heteroatoms. The predicted molar refractivity (Wildman–Crippen MR) is 95.1 cm³/mol. The summed E-state index contributed by atoms with van der Waals surface area (Å²) in [6, 6.07) is 0.776. The Kier molecular flexibility index (Phi) is 7.27. The Morgan fingerprint density at radius 3 is 2.30 bits per heavy atom. The van der Waals surface area contributed by atoms with Crippen molar-refractivity contribution in [2.24, 2.45) is 17.8 Å². The van der Waals surface area contributed by atoms with E-state index in [2.05, 4.69) is 52.7 Å². The van der Waals surface area contributed by atoms with E-state index in [-0.39, 0.29) is 0 Å². The minimum absolute atomic E-state index is 0.776. The van der Waals surface area contributed by atoms with E-state index in [1.165, 1.54) is 38.6 Å². The quantitative estimate of drug-likeness (QED) is 0.608. The molecule has 0 radical (unpaired) electrons. The van der Waals surface area contributed by atoms with E-state index in [1.54, 1.807) is 0 Å². The maximum absolute atomic E-state index is 3.92. The van der Waals surface area contributed by atoms with Crippen LogP contribution in [-0.4, -0.2) is 20.7 Å². The van der Waals surface area contributed by atoms with Crippen molar-refractivity contribution in [1.29, 1.82) is 0 Å². The number of nitrogens with one attached hydrogen (secondary N) is 1. The molecule has 1 heterocycles. The first kappa shape index (κ1) is 18.2. The molecule has 0 saturated carbocycles. The molecule has 20 heavy (non-hydrogen) atoms. The molecule has 1 N–H and O–H groups in total. The molecule has 4 atom stereocenters. The van der Waals surface area contributed by atoms with Gasteiger partial charge < -0.3 is 5.32 Å². The largest absolute Gasteiger partial charge is 0.314 e. The van der Waals surface area contributed by atoms with Gasteiger partial charge >= 0.3 is 0 Å². The lowest BCUT2D eigenvalue weighted by atomic mass is 9.80. The summed E-state index contributed by atoms with van der Waals surface area (Å²) in [5.74, 6) is 2.67. The van der Waals surface area contributed by atoms with Crippen molar-refractivity contribution in [2.75, 3.05) is 6.54 Å². The van der Waals surface area contributed by atoms with Crippen molar-refractivity contribution in [1.82, 2.24) is 5.32 Å². The third-order valence-electron chi connectivity index (χ3n) is 5.31. The molecule has 1 fully saturated rings. The number of hydrogen-bond acceptors (Lipinski definition) is 1. The molecule has 0 amide bonds. The topological polar surface area (TPSA) is 12.0 Å². The van der Waals surface area contributed by atoms with E-state index in [0.29, 0.717) is 0 Å². The zero-order valence-corrected chi connectivity index (χ0v) is 16.1. The molecule has 1 nitrogen and oxygen atoms in total. The Morgan fingerprint density at radius 1 is 1.15 bits per heavy atom. The highest BCUT2D eigenvalue weighted by Crippen LogP contribution is 2.40. The number of unbranched alkanes of at least 4 members (excludes halogenated alkanes) is 1. The molecule has 0 aliphatic carbocycles. The van der Waals surface area contributed by atoms with Crippen LogP contribution in [0.5, 0.6) is 0 Å². The molecule has 120 valence electrons. The van der Waals surface area contributed by atoms with Gasteiger partial charge in [-0.1, -0.05) is 60.2 Å². The van der Waals surface area contributed by atoms with Gasteiger partial charge in [-0.3, -0.25) is 0 Å². The summed E-state index contributed by atoms with van der Waals surface area (Å²) < 4.78 is 0. The minimum atomic E-state index is -1.04. The van der Waals surface area contributed by atoms with Gasteiger partial charge in [0.25, 0.3) is 0 Å². The van der Waals surface area contributed by atoms with E-state index in [9.17, 15) is 0 Å². The van der Waals surface area contributed by atoms with Gasteiger partial charge in [-0.25, -0.2) is 0 Å². The molecule has 0 spiro atoms. The summed E-state index contributed by atoms with van der Waals surface area (Å²) >= 11 is 0. The van der Waals surface area contributed by atoms with Crippen LogP contribution < -0.4 is 5.32 Å². The van der Waals surface area contributed by atoms with Crippen molar-refractivity contribution in [3.8, 4) is 0 Å². The Hall–Kier alpha value is 0.177. The Labute approximate surface area is 129 Å². The molecular formula is C18H39NSi. The second-order valence-electron chi connectivity index (χ2n) is 8.73. The lowest BCUT2D eigenvalue weighted by molar-refractivity contribution is 0.212. The average molecular weight is 298 g/mol. The third-order valence-corrected chi connectivity index (χ3v) is 8.21. The van der Waals surface area contributed by atoms with Crippen molar-refractivity contribution in [3.05, 3.63) is 0 Å². The van der Waals surface area contributed by atoms with Crippen LogP contribution in [0.3, 0.4) is 0 Å². The Balaban J connectivity index is 2.66. The summed E-state index contributed by atoms with van der Waals surface area (Å²) in [5.41, 5.74) is 0.972. The van der Waals surface area contributed by atoms with Crippen LogP contribution >= 0.6 is 0 Å². The van der Waals surface area contributed by atoms with Crippen molar-refractivity contribution >= 4 is 8.07 Å². The standard InChI is InChI=1S/C18H39NSi/c1-8-9-10-15(4)17-12-16(11-14(2)3)18(13-19-17)20(5,6)7/h14-19H,8-13H2,1-7H3. The summed E-state index contributed by atoms with van der Waals surface area (Å²) in [5, 5.41) is 3.92. The fourth-order valence-electron chi connectivity index (χ4n) is 4.06. The van der Waals surface area contributed by atoms with Crippen LogP contribution in [0.25, 0.3) is 0 Å². The van der Waals surface area contributed by atoms with Gasteiger partial charge in [0.05, 0.1) is 0 Å². The molecule has 1 rings (SSSR count). The van der Waals surface area contributed by atoms with E-state index in [4.69, 9.17) is 0 Å². The molecule has 1 saturated heterocycles. The Morgan fingerprint density at radius 2 is 1.80 bits per heavy atom. The van der Waals surface area contributed by atoms with E-state index < -0.39 is 8.07 Å². The normalized spacial score (nSPS) is 29.7. The van der Waals surface area contributed by atoms with Crippen molar-refractivity contribution in [3.63, 3.8) is 0 Å². The first-order valence-electron chi connectivity index (χ1n) is 8.99. The zero-order valence-electron chi connectivity index (χ0n) is 15.1. The van der Waals surface area contributed by atoms with E-state index >= 15 is 0 Å². The van der Waals surface area contributed by atoms with Crippen LogP contribution in [0.4, 0.5) is 0 Å². The van der Waals surface area contributed by atoms with Gasteiger partial charge in [0.15, 0.2) is 0 Å². The molecule has 0 aromatic rings. The molecule has 0 aromatic carbocycles. The maximum atomic E-state index is 3.92. The second-order valence-corrected chi connectivity index (χ2v) is 14.2. The smallest absolute Gasteiger partial charge is 0.0490 e. The highest BCUT2D eigenvalue weighted by Gasteiger charge is 2.39. The van der Waals surface area contributed by atoms with Gasteiger partial charge in [0.2, 0.25) is 0 Å². The molecule has 0 bridgehead atoms. The fraction of sp³-hybridized carbons (Fsp3) is 1.00.